The predicted octanol–water partition coefficient (Wildman–Crippen LogP) is 2.50. The summed E-state index contributed by atoms with van der Waals surface area (Å²) in [6.45, 7) is 2.66. The molecule has 2 nitrogen and oxygen atoms in total. The van der Waals surface area contributed by atoms with Gasteiger partial charge >= 0.3 is 0 Å². The molecule has 0 aromatic heterocycles. The summed E-state index contributed by atoms with van der Waals surface area (Å²) in [5.74, 6) is -1.67. The van der Waals surface area contributed by atoms with Crippen molar-refractivity contribution in [1.29, 1.82) is 0 Å². The molecule has 104 valence electrons. The van der Waals surface area contributed by atoms with Crippen molar-refractivity contribution in [1.82, 2.24) is 4.90 Å². The van der Waals surface area contributed by atoms with Crippen LogP contribution in [0, 0.1) is 11.6 Å². The lowest BCUT2D eigenvalue weighted by Gasteiger charge is -2.24. The molecule has 0 amide bonds. The van der Waals surface area contributed by atoms with Crippen molar-refractivity contribution in [3.8, 4) is 0 Å². The highest BCUT2D eigenvalue weighted by molar-refractivity contribution is 5.22. The fraction of sp³-hybridized carbons (Fsp3) is 0.600. The van der Waals surface area contributed by atoms with Gasteiger partial charge in [-0.05, 0) is 37.8 Å². The van der Waals surface area contributed by atoms with E-state index in [0.717, 1.165) is 6.07 Å². The molecule has 1 aliphatic heterocycles. The standard InChI is InChI=1S/C15H19F2NO/c1-10-7-15(19,9-18(10)12-5-6-12)8-11-3-2-4-13(16)14(11)17/h2-4,10,12,19H,5-9H2,1H3. The smallest absolute Gasteiger partial charge is 0.162 e. The maximum Gasteiger partial charge on any atom is 0.162 e. The van der Waals surface area contributed by atoms with Gasteiger partial charge in [0.05, 0.1) is 5.60 Å². The molecule has 1 aromatic rings. The molecule has 1 aliphatic carbocycles. The molecule has 2 unspecified atom stereocenters. The van der Waals surface area contributed by atoms with Crippen LogP contribution in [0.2, 0.25) is 0 Å². The summed E-state index contributed by atoms with van der Waals surface area (Å²) in [4.78, 5) is 2.30. The first-order valence-corrected chi connectivity index (χ1v) is 6.89. The van der Waals surface area contributed by atoms with E-state index < -0.39 is 17.2 Å². The number of likely N-dealkylation sites (tertiary alicyclic amines) is 1. The van der Waals surface area contributed by atoms with Gasteiger partial charge in [-0.15, -0.1) is 0 Å². The lowest BCUT2D eigenvalue weighted by molar-refractivity contribution is 0.0477. The molecule has 19 heavy (non-hydrogen) atoms. The van der Waals surface area contributed by atoms with Gasteiger partial charge in [0.1, 0.15) is 0 Å². The van der Waals surface area contributed by atoms with Crippen molar-refractivity contribution in [3.63, 3.8) is 0 Å². The lowest BCUT2D eigenvalue weighted by Crippen LogP contribution is -2.36. The number of nitrogens with zero attached hydrogens (tertiary/aromatic N) is 1. The van der Waals surface area contributed by atoms with Gasteiger partial charge in [-0.3, -0.25) is 4.90 Å². The van der Waals surface area contributed by atoms with Gasteiger partial charge in [0.2, 0.25) is 0 Å². The van der Waals surface area contributed by atoms with E-state index in [1.807, 2.05) is 0 Å². The average Bonchev–Trinajstić information content (AvgIpc) is 3.12. The van der Waals surface area contributed by atoms with Crippen molar-refractivity contribution >= 4 is 0 Å². The monoisotopic (exact) mass is 267 g/mol. The van der Waals surface area contributed by atoms with E-state index >= 15 is 0 Å². The minimum Gasteiger partial charge on any atom is -0.388 e. The molecule has 2 fully saturated rings. The van der Waals surface area contributed by atoms with Crippen LogP contribution in [-0.4, -0.2) is 34.2 Å². The molecule has 2 atom stereocenters. The Morgan fingerprint density at radius 3 is 2.79 bits per heavy atom. The Balaban J connectivity index is 1.77. The highest BCUT2D eigenvalue weighted by Gasteiger charge is 2.46. The molecular weight excluding hydrogens is 248 g/mol. The first-order valence-electron chi connectivity index (χ1n) is 6.89. The van der Waals surface area contributed by atoms with Gasteiger partial charge in [0, 0.05) is 25.0 Å². The van der Waals surface area contributed by atoms with Gasteiger partial charge in [-0.1, -0.05) is 12.1 Å². The molecule has 3 rings (SSSR count). The largest absolute Gasteiger partial charge is 0.388 e. The van der Waals surface area contributed by atoms with Crippen molar-refractivity contribution in [2.24, 2.45) is 0 Å². The quantitative estimate of drug-likeness (QED) is 0.909. The van der Waals surface area contributed by atoms with Gasteiger partial charge in [0.15, 0.2) is 11.6 Å². The third-order valence-electron chi connectivity index (χ3n) is 4.29. The number of halogens is 2. The van der Waals surface area contributed by atoms with Crippen molar-refractivity contribution in [3.05, 3.63) is 35.4 Å². The van der Waals surface area contributed by atoms with Crippen LogP contribution in [0.5, 0.6) is 0 Å². The fourth-order valence-corrected chi connectivity index (χ4v) is 3.29. The zero-order valence-corrected chi connectivity index (χ0v) is 11.1. The second-order valence-corrected chi connectivity index (χ2v) is 6.07. The number of rotatable bonds is 3. The summed E-state index contributed by atoms with van der Waals surface area (Å²) in [6, 6.07) is 5.06. The molecule has 1 N–H and O–H groups in total. The van der Waals surface area contributed by atoms with E-state index in [1.54, 1.807) is 6.07 Å². The summed E-state index contributed by atoms with van der Waals surface area (Å²) in [7, 11) is 0. The number of benzene rings is 1. The molecule has 1 aromatic carbocycles. The van der Waals surface area contributed by atoms with Crippen LogP contribution in [0.15, 0.2) is 18.2 Å². The van der Waals surface area contributed by atoms with Crippen LogP contribution in [-0.2, 0) is 6.42 Å². The molecule has 1 saturated heterocycles. The Bertz CT molecular complexity index is 489. The van der Waals surface area contributed by atoms with Crippen LogP contribution in [0.4, 0.5) is 8.78 Å². The molecule has 2 aliphatic rings. The number of hydrogen-bond donors (Lipinski definition) is 1. The van der Waals surface area contributed by atoms with Crippen molar-refractivity contribution < 1.29 is 13.9 Å². The molecule has 4 heteroatoms. The Labute approximate surface area is 112 Å². The zero-order valence-electron chi connectivity index (χ0n) is 11.1. The Hall–Kier alpha value is -1.00. The van der Waals surface area contributed by atoms with Crippen LogP contribution < -0.4 is 0 Å². The van der Waals surface area contributed by atoms with Gasteiger partial charge in [-0.25, -0.2) is 8.78 Å². The van der Waals surface area contributed by atoms with E-state index in [4.69, 9.17) is 0 Å². The fourth-order valence-electron chi connectivity index (χ4n) is 3.29. The third kappa shape index (κ3) is 2.51. The number of hydrogen-bond acceptors (Lipinski definition) is 2. The van der Waals surface area contributed by atoms with Crippen molar-refractivity contribution in [2.75, 3.05) is 6.54 Å². The maximum atomic E-state index is 13.7. The van der Waals surface area contributed by atoms with Crippen LogP contribution in [0.25, 0.3) is 0 Å². The molecular formula is C15H19F2NO. The number of aliphatic hydroxyl groups is 1. The summed E-state index contributed by atoms with van der Waals surface area (Å²) in [5.41, 5.74) is -0.663. The zero-order chi connectivity index (χ0) is 13.6. The summed E-state index contributed by atoms with van der Waals surface area (Å²) in [6.07, 6.45) is 3.19. The van der Waals surface area contributed by atoms with Crippen LogP contribution >= 0.6 is 0 Å². The SMILES string of the molecule is CC1CC(O)(Cc2cccc(F)c2F)CN1C1CC1. The lowest BCUT2D eigenvalue weighted by atomic mass is 9.92. The predicted molar refractivity (Wildman–Crippen MR) is 68.8 cm³/mol. The van der Waals surface area contributed by atoms with E-state index in [2.05, 4.69) is 11.8 Å². The van der Waals surface area contributed by atoms with E-state index in [-0.39, 0.29) is 12.0 Å². The minimum absolute atomic E-state index is 0.185. The average molecular weight is 267 g/mol. The highest BCUT2D eigenvalue weighted by atomic mass is 19.2. The van der Waals surface area contributed by atoms with E-state index in [0.29, 0.717) is 25.0 Å². The number of β-amino-alcohol motifs (C(OH)–C–C–N with tert-alkyl or cyclic N) is 1. The normalized spacial score (nSPS) is 31.9. The molecule has 0 radical (unpaired) electrons. The Morgan fingerprint density at radius 2 is 2.11 bits per heavy atom. The van der Waals surface area contributed by atoms with Crippen LogP contribution in [0.3, 0.4) is 0 Å². The Kier molecular flexibility index (Phi) is 3.10. The van der Waals surface area contributed by atoms with Gasteiger partial charge in [0.25, 0.3) is 0 Å². The van der Waals surface area contributed by atoms with E-state index in [9.17, 15) is 13.9 Å². The molecule has 1 heterocycles. The highest BCUT2D eigenvalue weighted by Crippen LogP contribution is 2.38. The first kappa shape index (κ1) is 13.0. The van der Waals surface area contributed by atoms with Gasteiger partial charge < -0.3 is 5.11 Å². The minimum atomic E-state index is -0.934. The van der Waals surface area contributed by atoms with Gasteiger partial charge in [-0.2, -0.15) is 0 Å². The second-order valence-electron chi connectivity index (χ2n) is 6.07. The summed E-state index contributed by atoms with van der Waals surface area (Å²) < 4.78 is 26.9. The molecule has 0 bridgehead atoms. The maximum absolute atomic E-state index is 13.7. The first-order chi connectivity index (χ1) is 8.98. The topological polar surface area (TPSA) is 23.5 Å². The Morgan fingerprint density at radius 1 is 1.37 bits per heavy atom. The van der Waals surface area contributed by atoms with E-state index in [1.165, 1.54) is 18.9 Å². The second kappa shape index (κ2) is 4.53. The third-order valence-corrected chi connectivity index (χ3v) is 4.29. The molecule has 1 saturated carbocycles. The summed E-state index contributed by atoms with van der Waals surface area (Å²) >= 11 is 0. The van der Waals surface area contributed by atoms with Crippen LogP contribution in [0.1, 0.15) is 31.7 Å². The van der Waals surface area contributed by atoms with Crippen molar-refractivity contribution in [2.45, 2.75) is 50.3 Å². The summed E-state index contributed by atoms with van der Waals surface area (Å²) in [5, 5.41) is 10.6. The molecule has 0 spiro atoms.